The molecule has 1 aliphatic heterocycles. The van der Waals surface area contributed by atoms with Gasteiger partial charge in [0, 0.05) is 11.5 Å². The highest BCUT2D eigenvalue weighted by Gasteiger charge is 2.32. The third-order valence-corrected chi connectivity index (χ3v) is 8.84. The first-order chi connectivity index (χ1) is 10.1. The molecule has 0 radical (unpaired) electrons. The van der Waals surface area contributed by atoms with Gasteiger partial charge in [0.05, 0.1) is 32.5 Å². The maximum Gasteiger partial charge on any atom is 0.331 e. The van der Waals surface area contributed by atoms with Crippen LogP contribution in [0.25, 0.3) is 0 Å². The lowest BCUT2D eigenvalue weighted by atomic mass is 10.4. The van der Waals surface area contributed by atoms with E-state index in [2.05, 4.69) is 0 Å². The van der Waals surface area contributed by atoms with Crippen molar-refractivity contribution in [2.45, 2.75) is 13.8 Å². The van der Waals surface area contributed by atoms with Crippen molar-refractivity contribution in [1.82, 2.24) is 0 Å². The summed E-state index contributed by atoms with van der Waals surface area (Å²) in [7, 11) is -5.10. The van der Waals surface area contributed by atoms with Gasteiger partial charge in [-0.15, -0.1) is 0 Å². The standard InChI is InChI=1S/C14H23NO4P2/c1-3-17-21(16,18-4-2)13-12-20(15-10-11-19-20)14-8-6-5-7-9-14/h5-9H,3-4,10-13H2,1-2H3. The lowest BCUT2D eigenvalue weighted by Crippen LogP contribution is -2.12. The van der Waals surface area contributed by atoms with Crippen LogP contribution >= 0.6 is 14.9 Å². The van der Waals surface area contributed by atoms with Gasteiger partial charge < -0.3 is 13.6 Å². The maximum atomic E-state index is 12.6. The average Bonchev–Trinajstić information content (AvgIpc) is 2.97. The molecule has 2 rings (SSSR count). The zero-order chi connectivity index (χ0) is 15.2. The fourth-order valence-corrected chi connectivity index (χ4v) is 7.87. The van der Waals surface area contributed by atoms with Gasteiger partial charge in [-0.25, -0.2) is 0 Å². The Morgan fingerprint density at radius 1 is 1.24 bits per heavy atom. The number of hydrogen-bond donors (Lipinski definition) is 0. The second kappa shape index (κ2) is 7.71. The minimum absolute atomic E-state index is 0.348. The van der Waals surface area contributed by atoms with E-state index < -0.39 is 14.9 Å². The number of benzene rings is 1. The maximum absolute atomic E-state index is 12.6. The molecule has 0 saturated heterocycles. The third kappa shape index (κ3) is 4.28. The predicted octanol–water partition coefficient (Wildman–Crippen LogP) is 3.72. The van der Waals surface area contributed by atoms with Crippen molar-refractivity contribution in [1.29, 1.82) is 0 Å². The van der Waals surface area contributed by atoms with Crippen LogP contribution in [0.3, 0.4) is 0 Å². The summed E-state index contributed by atoms with van der Waals surface area (Å²) in [5.74, 6) is 0. The molecule has 0 aromatic heterocycles. The largest absolute Gasteiger partial charge is 0.338 e. The Hall–Kier alpha value is -0.440. The first-order valence-electron chi connectivity index (χ1n) is 7.29. The fourth-order valence-electron chi connectivity index (χ4n) is 2.33. The minimum atomic E-state index is -3.05. The van der Waals surface area contributed by atoms with Gasteiger partial charge in [0.15, 0.2) is 0 Å². The Morgan fingerprint density at radius 2 is 1.90 bits per heavy atom. The molecule has 1 heterocycles. The van der Waals surface area contributed by atoms with Crippen molar-refractivity contribution in [2.24, 2.45) is 4.74 Å². The Bertz CT molecular complexity index is 537. The van der Waals surface area contributed by atoms with E-state index in [0.29, 0.717) is 38.7 Å². The molecule has 0 fully saturated rings. The Morgan fingerprint density at radius 3 is 2.43 bits per heavy atom. The van der Waals surface area contributed by atoms with Gasteiger partial charge in [-0.2, -0.15) is 0 Å². The van der Waals surface area contributed by atoms with Crippen molar-refractivity contribution in [2.75, 3.05) is 38.7 Å². The van der Waals surface area contributed by atoms with E-state index >= 15 is 0 Å². The molecule has 0 spiro atoms. The van der Waals surface area contributed by atoms with Crippen molar-refractivity contribution in [3.63, 3.8) is 0 Å². The van der Waals surface area contributed by atoms with E-state index in [1.54, 1.807) is 0 Å². The Kier molecular flexibility index (Phi) is 6.21. The summed E-state index contributed by atoms with van der Waals surface area (Å²) in [4.78, 5) is 0. The van der Waals surface area contributed by atoms with Crippen LogP contribution in [0, 0.1) is 0 Å². The van der Waals surface area contributed by atoms with Gasteiger partial charge in [-0.3, -0.25) is 9.31 Å². The third-order valence-electron chi connectivity index (χ3n) is 3.21. The molecule has 1 unspecified atom stereocenters. The lowest BCUT2D eigenvalue weighted by molar-refractivity contribution is 0.221. The van der Waals surface area contributed by atoms with Crippen LogP contribution in [0.2, 0.25) is 0 Å². The number of rotatable bonds is 8. The minimum Gasteiger partial charge on any atom is -0.338 e. The van der Waals surface area contributed by atoms with Crippen molar-refractivity contribution in [3.8, 4) is 0 Å². The highest BCUT2D eigenvalue weighted by atomic mass is 31.2. The topological polar surface area (TPSA) is 57.1 Å². The summed E-state index contributed by atoms with van der Waals surface area (Å²) in [5, 5.41) is 1.10. The van der Waals surface area contributed by atoms with Gasteiger partial charge in [-0.1, -0.05) is 30.3 Å². The fraction of sp³-hybridized carbons (Fsp3) is 0.571. The van der Waals surface area contributed by atoms with Gasteiger partial charge in [0.2, 0.25) is 0 Å². The van der Waals surface area contributed by atoms with Crippen LogP contribution < -0.4 is 5.30 Å². The summed E-state index contributed by atoms with van der Waals surface area (Å²) in [6, 6.07) is 10.0. The summed E-state index contributed by atoms with van der Waals surface area (Å²) in [6.07, 6.45) is 0.954. The zero-order valence-corrected chi connectivity index (χ0v) is 14.4. The van der Waals surface area contributed by atoms with Crippen LogP contribution in [-0.2, 0) is 18.1 Å². The highest BCUT2D eigenvalue weighted by Crippen LogP contribution is 2.57. The summed E-state index contributed by atoms with van der Waals surface area (Å²) in [5.41, 5.74) is 0. The zero-order valence-electron chi connectivity index (χ0n) is 12.6. The van der Waals surface area contributed by atoms with Gasteiger partial charge in [-0.05, 0) is 13.8 Å². The second-order valence-corrected chi connectivity index (χ2v) is 9.72. The van der Waals surface area contributed by atoms with Crippen molar-refractivity contribution in [3.05, 3.63) is 30.3 Å². The van der Waals surface area contributed by atoms with E-state index in [-0.39, 0.29) is 0 Å². The van der Waals surface area contributed by atoms with Gasteiger partial charge in [0.1, 0.15) is 7.28 Å². The van der Waals surface area contributed by atoms with Crippen LogP contribution in [0.4, 0.5) is 0 Å². The molecular formula is C14H23NO4P2. The first-order valence-corrected chi connectivity index (χ1v) is 10.9. The van der Waals surface area contributed by atoms with E-state index in [1.807, 2.05) is 44.2 Å². The molecule has 1 aromatic carbocycles. The highest BCUT2D eigenvalue weighted by molar-refractivity contribution is 7.70. The molecule has 5 nitrogen and oxygen atoms in total. The van der Waals surface area contributed by atoms with E-state index in [9.17, 15) is 4.57 Å². The molecule has 1 aliphatic rings. The summed E-state index contributed by atoms with van der Waals surface area (Å²) in [6.45, 7) is 5.75. The molecule has 118 valence electrons. The number of nitrogens with zero attached hydrogens (tertiary/aromatic N) is 1. The molecule has 1 aromatic rings. The molecule has 0 saturated carbocycles. The van der Waals surface area contributed by atoms with E-state index in [4.69, 9.17) is 18.3 Å². The van der Waals surface area contributed by atoms with Crippen LogP contribution in [0.5, 0.6) is 0 Å². The van der Waals surface area contributed by atoms with Crippen molar-refractivity contribution >= 4 is 20.2 Å². The molecule has 1 atom stereocenters. The smallest absolute Gasteiger partial charge is 0.331 e. The molecule has 0 amide bonds. The van der Waals surface area contributed by atoms with E-state index in [1.165, 1.54) is 0 Å². The first kappa shape index (κ1) is 16.9. The predicted molar refractivity (Wildman–Crippen MR) is 86.8 cm³/mol. The van der Waals surface area contributed by atoms with E-state index in [0.717, 1.165) is 5.30 Å². The monoisotopic (exact) mass is 331 g/mol. The molecule has 21 heavy (non-hydrogen) atoms. The average molecular weight is 331 g/mol. The van der Waals surface area contributed by atoms with Gasteiger partial charge >= 0.3 is 7.60 Å². The SMILES string of the molecule is CCOP(=O)(CCP1(c2ccccc2)=NCCO1)OCC. The lowest BCUT2D eigenvalue weighted by Gasteiger charge is -2.23. The van der Waals surface area contributed by atoms with Crippen LogP contribution in [0.15, 0.2) is 35.1 Å². The molecule has 0 aliphatic carbocycles. The van der Waals surface area contributed by atoms with Crippen LogP contribution in [0.1, 0.15) is 13.8 Å². The number of hydrogen-bond acceptors (Lipinski definition) is 5. The summed E-state index contributed by atoms with van der Waals surface area (Å²) < 4.78 is 34.1. The Balaban J connectivity index is 2.17. The normalized spacial score (nSPS) is 22.2. The molecular weight excluding hydrogens is 308 g/mol. The molecule has 7 heteroatoms. The molecule has 0 N–H and O–H groups in total. The quantitative estimate of drug-likeness (QED) is 0.681. The molecule has 0 bridgehead atoms. The summed E-state index contributed by atoms with van der Waals surface area (Å²) >= 11 is 0. The Labute approximate surface area is 126 Å². The van der Waals surface area contributed by atoms with Gasteiger partial charge in [0.25, 0.3) is 0 Å². The second-order valence-electron chi connectivity index (χ2n) is 4.63. The van der Waals surface area contributed by atoms with Crippen LogP contribution in [-0.4, -0.2) is 38.7 Å². The van der Waals surface area contributed by atoms with Crippen molar-refractivity contribution < 1.29 is 18.1 Å².